The van der Waals surface area contributed by atoms with Crippen LogP contribution in [0.5, 0.6) is 0 Å². The van der Waals surface area contributed by atoms with Gasteiger partial charge in [0.1, 0.15) is 0 Å². The molecule has 0 aromatic rings. The SMILES string of the molecule is CC(C)CCP(=O)(O)C(C)(C)C. The van der Waals surface area contributed by atoms with Crippen LogP contribution in [0.1, 0.15) is 41.0 Å². The zero-order valence-electron chi connectivity index (χ0n) is 8.79. The van der Waals surface area contributed by atoms with Crippen molar-refractivity contribution in [3.63, 3.8) is 0 Å². The fourth-order valence-corrected chi connectivity index (χ4v) is 2.31. The van der Waals surface area contributed by atoms with Gasteiger partial charge >= 0.3 is 0 Å². The van der Waals surface area contributed by atoms with Crippen LogP contribution in [0.4, 0.5) is 0 Å². The summed E-state index contributed by atoms with van der Waals surface area (Å²) in [6, 6.07) is 0. The van der Waals surface area contributed by atoms with Crippen molar-refractivity contribution in [1.29, 1.82) is 0 Å². The van der Waals surface area contributed by atoms with Crippen LogP contribution in [0.15, 0.2) is 0 Å². The standard InChI is InChI=1S/C9H21O2P/c1-8(2)6-7-12(10,11)9(3,4)5/h8H,6-7H2,1-5H3,(H,10,11). The predicted molar refractivity (Wildman–Crippen MR) is 53.9 cm³/mol. The van der Waals surface area contributed by atoms with Crippen LogP contribution < -0.4 is 0 Å². The van der Waals surface area contributed by atoms with Gasteiger partial charge in [0, 0.05) is 11.3 Å². The van der Waals surface area contributed by atoms with Crippen molar-refractivity contribution in [2.75, 3.05) is 6.16 Å². The van der Waals surface area contributed by atoms with Gasteiger partial charge < -0.3 is 4.89 Å². The molecular formula is C9H21O2P. The van der Waals surface area contributed by atoms with Gasteiger partial charge in [-0.3, -0.25) is 4.57 Å². The minimum Gasteiger partial charge on any atom is -0.344 e. The van der Waals surface area contributed by atoms with Crippen molar-refractivity contribution in [3.05, 3.63) is 0 Å². The summed E-state index contributed by atoms with van der Waals surface area (Å²) in [6.07, 6.45) is 1.29. The first-order valence-corrected chi connectivity index (χ1v) is 6.33. The van der Waals surface area contributed by atoms with Crippen LogP contribution in [0, 0.1) is 5.92 Å². The fraction of sp³-hybridized carbons (Fsp3) is 1.00. The molecule has 0 radical (unpaired) electrons. The summed E-state index contributed by atoms with van der Waals surface area (Å²) >= 11 is 0. The maximum Gasteiger partial charge on any atom is 0.205 e. The third-order valence-corrected chi connectivity index (χ3v) is 5.02. The average Bonchev–Trinajstić information content (AvgIpc) is 1.81. The minimum atomic E-state index is -2.93. The molecule has 0 rings (SSSR count). The molecule has 0 aliphatic heterocycles. The third-order valence-electron chi connectivity index (χ3n) is 2.06. The molecule has 1 unspecified atom stereocenters. The molecule has 0 heterocycles. The second-order valence-corrected chi connectivity index (χ2v) is 7.97. The first kappa shape index (κ1) is 12.2. The summed E-state index contributed by atoms with van der Waals surface area (Å²) in [5.74, 6) is 0.507. The van der Waals surface area contributed by atoms with E-state index in [1.165, 1.54) is 0 Å². The van der Waals surface area contributed by atoms with Gasteiger partial charge in [0.15, 0.2) is 0 Å². The number of hydrogen-bond acceptors (Lipinski definition) is 1. The zero-order valence-corrected chi connectivity index (χ0v) is 9.69. The first-order valence-electron chi connectivity index (χ1n) is 4.49. The lowest BCUT2D eigenvalue weighted by Gasteiger charge is -2.26. The summed E-state index contributed by atoms with van der Waals surface area (Å²) in [4.78, 5) is 9.66. The Hall–Kier alpha value is 0.190. The number of hydrogen-bond donors (Lipinski definition) is 1. The van der Waals surface area contributed by atoms with E-state index in [9.17, 15) is 9.46 Å². The molecule has 2 nitrogen and oxygen atoms in total. The van der Waals surface area contributed by atoms with Gasteiger partial charge in [-0.1, -0.05) is 34.6 Å². The van der Waals surface area contributed by atoms with Crippen LogP contribution in [-0.4, -0.2) is 16.2 Å². The van der Waals surface area contributed by atoms with E-state index in [0.29, 0.717) is 12.1 Å². The van der Waals surface area contributed by atoms with Crippen molar-refractivity contribution in [2.24, 2.45) is 5.92 Å². The minimum absolute atomic E-state index is 0.453. The van der Waals surface area contributed by atoms with Crippen molar-refractivity contribution in [3.8, 4) is 0 Å². The third kappa shape index (κ3) is 3.73. The van der Waals surface area contributed by atoms with E-state index in [2.05, 4.69) is 13.8 Å². The van der Waals surface area contributed by atoms with E-state index < -0.39 is 12.5 Å². The van der Waals surface area contributed by atoms with Crippen LogP contribution >= 0.6 is 7.37 Å². The molecule has 3 heteroatoms. The lowest BCUT2D eigenvalue weighted by molar-refractivity contribution is 0.437. The predicted octanol–water partition coefficient (Wildman–Crippen LogP) is 3.10. The maximum absolute atomic E-state index is 11.7. The van der Waals surface area contributed by atoms with Crippen molar-refractivity contribution in [2.45, 2.75) is 46.2 Å². The Morgan fingerprint density at radius 2 is 1.75 bits per heavy atom. The van der Waals surface area contributed by atoms with E-state index in [4.69, 9.17) is 0 Å². The van der Waals surface area contributed by atoms with E-state index in [1.54, 1.807) is 0 Å². The monoisotopic (exact) mass is 192 g/mol. The molecule has 0 amide bonds. The van der Waals surface area contributed by atoms with Crippen LogP contribution in [0.3, 0.4) is 0 Å². The van der Waals surface area contributed by atoms with Crippen LogP contribution in [0.25, 0.3) is 0 Å². The van der Waals surface area contributed by atoms with E-state index in [-0.39, 0.29) is 0 Å². The molecule has 0 aromatic heterocycles. The summed E-state index contributed by atoms with van der Waals surface area (Å²) in [7, 11) is -2.93. The Kier molecular flexibility index (Phi) is 3.99. The topological polar surface area (TPSA) is 37.3 Å². The first-order chi connectivity index (χ1) is 5.17. The maximum atomic E-state index is 11.7. The molecule has 0 saturated heterocycles. The van der Waals surface area contributed by atoms with Gasteiger partial charge in [-0.2, -0.15) is 0 Å². The highest BCUT2D eigenvalue weighted by Crippen LogP contribution is 2.54. The Morgan fingerprint density at radius 3 is 2.00 bits per heavy atom. The van der Waals surface area contributed by atoms with Gasteiger partial charge in [-0.05, 0) is 12.3 Å². The zero-order chi connectivity index (χ0) is 9.99. The largest absolute Gasteiger partial charge is 0.344 e. The molecule has 74 valence electrons. The second kappa shape index (κ2) is 3.93. The molecule has 1 N–H and O–H groups in total. The van der Waals surface area contributed by atoms with Crippen LogP contribution in [-0.2, 0) is 4.57 Å². The molecular weight excluding hydrogens is 171 g/mol. The Balaban J connectivity index is 4.16. The molecule has 0 aliphatic carbocycles. The van der Waals surface area contributed by atoms with Crippen molar-refractivity contribution in [1.82, 2.24) is 0 Å². The van der Waals surface area contributed by atoms with Gasteiger partial charge in [0.2, 0.25) is 7.37 Å². The smallest absolute Gasteiger partial charge is 0.205 e. The lowest BCUT2D eigenvalue weighted by Crippen LogP contribution is -2.17. The Morgan fingerprint density at radius 1 is 1.33 bits per heavy atom. The summed E-state index contributed by atoms with van der Waals surface area (Å²) in [5, 5.41) is -0.456. The fourth-order valence-electron chi connectivity index (χ4n) is 0.769. The summed E-state index contributed by atoms with van der Waals surface area (Å²) in [5.41, 5.74) is 0. The van der Waals surface area contributed by atoms with E-state index in [0.717, 1.165) is 6.42 Å². The highest BCUT2D eigenvalue weighted by molar-refractivity contribution is 7.59. The molecule has 12 heavy (non-hydrogen) atoms. The normalized spacial score (nSPS) is 17.9. The molecule has 0 spiro atoms. The number of rotatable bonds is 3. The highest BCUT2D eigenvalue weighted by atomic mass is 31.2. The molecule has 1 atom stereocenters. The highest BCUT2D eigenvalue weighted by Gasteiger charge is 2.33. The van der Waals surface area contributed by atoms with Gasteiger partial charge in [0.25, 0.3) is 0 Å². The Bertz CT molecular complexity index is 179. The van der Waals surface area contributed by atoms with Crippen molar-refractivity contribution >= 4 is 7.37 Å². The van der Waals surface area contributed by atoms with Gasteiger partial charge in [-0.25, -0.2) is 0 Å². The second-order valence-electron chi connectivity index (χ2n) is 4.78. The van der Waals surface area contributed by atoms with E-state index >= 15 is 0 Å². The van der Waals surface area contributed by atoms with Gasteiger partial charge in [0.05, 0.1) is 0 Å². The summed E-state index contributed by atoms with van der Waals surface area (Å²) < 4.78 is 11.7. The average molecular weight is 192 g/mol. The van der Waals surface area contributed by atoms with E-state index in [1.807, 2.05) is 20.8 Å². The lowest BCUT2D eigenvalue weighted by atomic mass is 10.2. The molecule has 0 bridgehead atoms. The Labute approximate surface area is 75.8 Å². The molecule has 0 aromatic carbocycles. The molecule has 0 aliphatic rings. The quantitative estimate of drug-likeness (QED) is 0.697. The summed E-state index contributed by atoms with van der Waals surface area (Å²) in [6.45, 7) is 9.63. The molecule has 0 saturated carbocycles. The van der Waals surface area contributed by atoms with Gasteiger partial charge in [-0.15, -0.1) is 0 Å². The van der Waals surface area contributed by atoms with Crippen LogP contribution in [0.2, 0.25) is 0 Å². The van der Waals surface area contributed by atoms with Crippen molar-refractivity contribution < 1.29 is 9.46 Å². The molecule has 0 fully saturated rings.